The molecule has 0 aliphatic heterocycles. The molecule has 1 N–H and O–H groups in total. The number of nitrogens with one attached hydrogen (secondary N) is 1. The molecule has 0 saturated heterocycles. The van der Waals surface area contributed by atoms with Gasteiger partial charge in [-0.15, -0.1) is 0 Å². The van der Waals surface area contributed by atoms with E-state index in [0.717, 1.165) is 6.26 Å². The van der Waals surface area contributed by atoms with Crippen LogP contribution < -0.4 is 4.72 Å². The molecule has 1 heterocycles. The van der Waals surface area contributed by atoms with E-state index >= 15 is 0 Å². The lowest BCUT2D eigenvalue weighted by Crippen LogP contribution is -2.10. The molecule has 1 aromatic heterocycles. The number of nitrogens with zero attached hydrogens (tertiary/aromatic N) is 1. The molecule has 0 atom stereocenters. The molecular formula is C7H9N2O2S. The third-order valence-corrected chi connectivity index (χ3v) is 1.84. The normalized spacial score (nSPS) is 11.2. The first-order chi connectivity index (χ1) is 5.49. The number of hydrogen-bond donors (Lipinski definition) is 1. The Morgan fingerprint density at radius 3 is 2.75 bits per heavy atom. The highest BCUT2D eigenvalue weighted by Gasteiger charge is 2.03. The van der Waals surface area contributed by atoms with Gasteiger partial charge in [0, 0.05) is 11.8 Å². The molecule has 1 rings (SSSR count). The summed E-state index contributed by atoms with van der Waals surface area (Å²) >= 11 is 0. The summed E-state index contributed by atoms with van der Waals surface area (Å²) in [5.74, 6) is 0. The molecule has 0 spiro atoms. The van der Waals surface area contributed by atoms with E-state index in [1.807, 2.05) is 0 Å². The smallest absolute Gasteiger partial charge is 0.229 e. The third kappa shape index (κ3) is 2.50. The number of rotatable bonds is 2. The number of aromatic nitrogens is 1. The van der Waals surface area contributed by atoms with Gasteiger partial charge in [0.1, 0.15) is 0 Å². The van der Waals surface area contributed by atoms with E-state index in [2.05, 4.69) is 15.9 Å². The average molecular weight is 185 g/mol. The summed E-state index contributed by atoms with van der Waals surface area (Å²) in [6.45, 7) is 1.74. The van der Waals surface area contributed by atoms with Crippen molar-refractivity contribution in [3.05, 3.63) is 24.0 Å². The molecule has 0 aliphatic rings. The minimum absolute atomic E-state index is 0.521. The van der Waals surface area contributed by atoms with E-state index in [9.17, 15) is 8.42 Å². The first kappa shape index (κ1) is 8.99. The van der Waals surface area contributed by atoms with Crippen molar-refractivity contribution >= 4 is 15.7 Å². The summed E-state index contributed by atoms with van der Waals surface area (Å²) in [7, 11) is -3.20. The fourth-order valence-electron chi connectivity index (χ4n) is 0.741. The van der Waals surface area contributed by atoms with Gasteiger partial charge in [0.15, 0.2) is 0 Å². The predicted octanol–water partition coefficient (Wildman–Crippen LogP) is 0.562. The van der Waals surface area contributed by atoms with Crippen molar-refractivity contribution < 1.29 is 8.42 Å². The minimum Gasteiger partial charge on any atom is -0.283 e. The molecule has 0 fully saturated rings. The van der Waals surface area contributed by atoms with E-state index in [1.54, 1.807) is 13.0 Å². The van der Waals surface area contributed by atoms with E-state index in [4.69, 9.17) is 0 Å². The molecule has 4 nitrogen and oxygen atoms in total. The van der Waals surface area contributed by atoms with Crippen molar-refractivity contribution in [1.82, 2.24) is 4.98 Å². The van der Waals surface area contributed by atoms with Gasteiger partial charge in [-0.2, -0.15) is 0 Å². The van der Waals surface area contributed by atoms with Crippen LogP contribution in [0.2, 0.25) is 0 Å². The largest absolute Gasteiger partial charge is 0.283 e. The molecule has 65 valence electrons. The van der Waals surface area contributed by atoms with Crippen LogP contribution >= 0.6 is 0 Å². The molecule has 0 aromatic carbocycles. The fraction of sp³-hybridized carbons (Fsp3) is 0.286. The van der Waals surface area contributed by atoms with Crippen LogP contribution in [0.3, 0.4) is 0 Å². The Labute approximate surface area is 71.7 Å². The second-order valence-corrected chi connectivity index (χ2v) is 4.22. The van der Waals surface area contributed by atoms with Gasteiger partial charge >= 0.3 is 0 Å². The van der Waals surface area contributed by atoms with Gasteiger partial charge in [-0.25, -0.2) is 8.42 Å². The zero-order valence-corrected chi connectivity index (χ0v) is 7.64. The molecule has 12 heavy (non-hydrogen) atoms. The lowest BCUT2D eigenvalue weighted by Gasteiger charge is -2.04. The zero-order valence-electron chi connectivity index (χ0n) is 6.83. The Hall–Kier alpha value is -1.10. The Morgan fingerprint density at radius 2 is 2.25 bits per heavy atom. The fourth-order valence-corrected chi connectivity index (χ4v) is 1.36. The number of anilines is 1. The van der Waals surface area contributed by atoms with Gasteiger partial charge in [0.2, 0.25) is 10.0 Å². The summed E-state index contributed by atoms with van der Waals surface area (Å²) in [5.41, 5.74) is 1.20. The maximum Gasteiger partial charge on any atom is 0.229 e. The number of pyridine rings is 1. The molecule has 5 heteroatoms. The van der Waals surface area contributed by atoms with Crippen LogP contribution in [0.4, 0.5) is 5.69 Å². The second-order valence-electron chi connectivity index (χ2n) is 2.47. The number of sulfonamides is 1. The van der Waals surface area contributed by atoms with Crippen molar-refractivity contribution in [2.75, 3.05) is 11.0 Å². The molecule has 0 saturated carbocycles. The molecule has 0 amide bonds. The summed E-state index contributed by atoms with van der Waals surface area (Å²) in [6, 6.07) is 1.59. The Kier molecular flexibility index (Phi) is 2.32. The lowest BCUT2D eigenvalue weighted by molar-refractivity contribution is 0.607. The van der Waals surface area contributed by atoms with Gasteiger partial charge < -0.3 is 0 Å². The van der Waals surface area contributed by atoms with Crippen molar-refractivity contribution in [1.29, 1.82) is 0 Å². The SMILES string of the molecule is Cc1[c]nccc1NS(C)(=O)=O. The molecule has 0 aliphatic carbocycles. The predicted molar refractivity (Wildman–Crippen MR) is 46.3 cm³/mol. The zero-order chi connectivity index (χ0) is 9.19. The van der Waals surface area contributed by atoms with E-state index < -0.39 is 10.0 Å². The van der Waals surface area contributed by atoms with Crippen LogP contribution in [0, 0.1) is 13.1 Å². The topological polar surface area (TPSA) is 59.1 Å². The molecule has 0 unspecified atom stereocenters. The minimum atomic E-state index is -3.20. The van der Waals surface area contributed by atoms with Crippen molar-refractivity contribution in [2.24, 2.45) is 0 Å². The van der Waals surface area contributed by atoms with Crippen LogP contribution in [0.15, 0.2) is 12.3 Å². The van der Waals surface area contributed by atoms with Gasteiger partial charge in [0.05, 0.1) is 18.1 Å². The summed E-state index contributed by atoms with van der Waals surface area (Å²) < 4.78 is 24.0. The molecule has 1 radical (unpaired) electrons. The molecular weight excluding hydrogens is 176 g/mol. The van der Waals surface area contributed by atoms with E-state index in [1.165, 1.54) is 6.20 Å². The maximum atomic E-state index is 10.8. The standard InChI is InChI=1S/C7H9N2O2S/c1-6-5-8-4-3-7(6)9-12(2,10)11/h3-4H,1-2H3,(H,8,9). The van der Waals surface area contributed by atoms with Crippen LogP contribution in [-0.4, -0.2) is 19.7 Å². The number of hydrogen-bond acceptors (Lipinski definition) is 3. The first-order valence-corrected chi connectivity index (χ1v) is 5.19. The van der Waals surface area contributed by atoms with Crippen molar-refractivity contribution in [3.8, 4) is 0 Å². The monoisotopic (exact) mass is 185 g/mol. The summed E-state index contributed by atoms with van der Waals surface area (Å²) in [6.07, 6.45) is 5.24. The highest BCUT2D eigenvalue weighted by Crippen LogP contribution is 2.11. The van der Waals surface area contributed by atoms with Crippen LogP contribution in [0.5, 0.6) is 0 Å². The first-order valence-electron chi connectivity index (χ1n) is 3.30. The van der Waals surface area contributed by atoms with E-state index in [-0.39, 0.29) is 0 Å². The quantitative estimate of drug-likeness (QED) is 0.732. The van der Waals surface area contributed by atoms with Crippen LogP contribution in [0.25, 0.3) is 0 Å². The Bertz CT molecular complexity index is 373. The highest BCUT2D eigenvalue weighted by molar-refractivity contribution is 7.92. The van der Waals surface area contributed by atoms with Crippen LogP contribution in [0.1, 0.15) is 5.56 Å². The lowest BCUT2D eigenvalue weighted by atomic mass is 10.3. The average Bonchev–Trinajstić information content (AvgIpc) is 1.91. The Balaban J connectivity index is 2.98. The van der Waals surface area contributed by atoms with Crippen LogP contribution in [-0.2, 0) is 10.0 Å². The third-order valence-electron chi connectivity index (χ3n) is 1.25. The van der Waals surface area contributed by atoms with E-state index in [0.29, 0.717) is 11.3 Å². The van der Waals surface area contributed by atoms with Crippen molar-refractivity contribution in [2.45, 2.75) is 6.92 Å². The summed E-state index contributed by atoms with van der Waals surface area (Å²) in [4.78, 5) is 3.72. The van der Waals surface area contributed by atoms with Gasteiger partial charge in [-0.05, 0) is 13.0 Å². The van der Waals surface area contributed by atoms with Gasteiger partial charge in [0.25, 0.3) is 0 Å². The van der Waals surface area contributed by atoms with Gasteiger partial charge in [-0.1, -0.05) is 0 Å². The number of aryl methyl sites for hydroxylation is 1. The van der Waals surface area contributed by atoms with Gasteiger partial charge in [-0.3, -0.25) is 9.71 Å². The maximum absolute atomic E-state index is 10.8. The summed E-state index contributed by atoms with van der Waals surface area (Å²) in [5, 5.41) is 0. The molecule has 0 bridgehead atoms. The highest BCUT2D eigenvalue weighted by atomic mass is 32.2. The van der Waals surface area contributed by atoms with Crippen molar-refractivity contribution in [3.63, 3.8) is 0 Å². The second kappa shape index (κ2) is 3.10. The Morgan fingerprint density at radius 1 is 1.58 bits per heavy atom. The molecule has 1 aromatic rings.